The van der Waals surface area contributed by atoms with E-state index in [1.54, 1.807) is 11.5 Å². The van der Waals surface area contributed by atoms with Gasteiger partial charge in [-0.25, -0.2) is 15.0 Å². The van der Waals surface area contributed by atoms with Crippen LogP contribution in [0.2, 0.25) is 0 Å². The van der Waals surface area contributed by atoms with Crippen molar-refractivity contribution in [3.8, 4) is 0 Å². The molecule has 8 nitrogen and oxygen atoms in total. The zero-order chi connectivity index (χ0) is 14.4. The predicted molar refractivity (Wildman–Crippen MR) is 67.8 cm³/mol. The molecule has 2 aromatic heterocycles. The molecule has 0 aromatic carbocycles. The Balaban J connectivity index is 2.07. The minimum absolute atomic E-state index is 0.367. The Morgan fingerprint density at radius 2 is 2.00 bits per heavy atom. The molecule has 0 spiro atoms. The zero-order valence-corrected chi connectivity index (χ0v) is 11.1. The van der Waals surface area contributed by atoms with E-state index in [1.807, 2.05) is 6.92 Å². The molecule has 0 bridgehead atoms. The summed E-state index contributed by atoms with van der Waals surface area (Å²) in [5.41, 5.74) is 1.89. The van der Waals surface area contributed by atoms with Gasteiger partial charge in [-0.1, -0.05) is 0 Å². The van der Waals surface area contributed by atoms with Crippen LogP contribution in [0.5, 0.6) is 0 Å². The van der Waals surface area contributed by atoms with Gasteiger partial charge < -0.3 is 20.1 Å². The van der Waals surface area contributed by atoms with Crippen molar-refractivity contribution in [3.63, 3.8) is 0 Å². The van der Waals surface area contributed by atoms with E-state index in [-0.39, 0.29) is 6.61 Å². The van der Waals surface area contributed by atoms with E-state index in [9.17, 15) is 10.2 Å². The molecule has 0 saturated carbocycles. The number of aryl methyl sites for hydroxylation is 2. The number of hydrogen-bond acceptors (Lipinski definition) is 7. The fourth-order valence-corrected chi connectivity index (χ4v) is 2.49. The number of aromatic nitrogens is 4. The molecule has 3 heterocycles. The van der Waals surface area contributed by atoms with Gasteiger partial charge in [0.15, 0.2) is 11.9 Å². The predicted octanol–water partition coefficient (Wildman–Crippen LogP) is -0.945. The fraction of sp³-hybridized carbons (Fsp3) is 0.583. The third-order valence-corrected chi connectivity index (χ3v) is 3.50. The number of rotatable bonds is 2. The fourth-order valence-electron chi connectivity index (χ4n) is 2.49. The summed E-state index contributed by atoms with van der Waals surface area (Å²) < 4.78 is 7.04. The monoisotopic (exact) mass is 280 g/mol. The van der Waals surface area contributed by atoms with Gasteiger partial charge in [0.2, 0.25) is 0 Å². The molecule has 0 radical (unpaired) electrons. The van der Waals surface area contributed by atoms with Crippen molar-refractivity contribution in [2.45, 2.75) is 38.4 Å². The smallest absolute Gasteiger partial charge is 0.166 e. The molecule has 1 saturated heterocycles. The van der Waals surface area contributed by atoms with Crippen molar-refractivity contribution in [1.82, 2.24) is 19.5 Å². The second kappa shape index (κ2) is 4.74. The molecular weight excluding hydrogens is 264 g/mol. The van der Waals surface area contributed by atoms with Crippen LogP contribution in [0.15, 0.2) is 6.33 Å². The zero-order valence-electron chi connectivity index (χ0n) is 11.1. The van der Waals surface area contributed by atoms with Crippen LogP contribution in [0.3, 0.4) is 0 Å². The summed E-state index contributed by atoms with van der Waals surface area (Å²) in [4.78, 5) is 12.7. The third-order valence-electron chi connectivity index (χ3n) is 3.50. The van der Waals surface area contributed by atoms with E-state index in [0.717, 1.165) is 5.69 Å². The average molecular weight is 280 g/mol. The van der Waals surface area contributed by atoms with Crippen LogP contribution >= 0.6 is 0 Å². The molecule has 8 heteroatoms. The Morgan fingerprint density at radius 1 is 1.25 bits per heavy atom. The highest BCUT2D eigenvalue weighted by Gasteiger charge is 2.43. The highest BCUT2D eigenvalue weighted by Crippen LogP contribution is 2.31. The lowest BCUT2D eigenvalue weighted by Gasteiger charge is -2.16. The highest BCUT2D eigenvalue weighted by atomic mass is 16.6. The molecule has 1 fully saturated rings. The first-order valence-corrected chi connectivity index (χ1v) is 6.33. The van der Waals surface area contributed by atoms with Gasteiger partial charge in [0, 0.05) is 0 Å². The number of nitrogens with zero attached hydrogens (tertiary/aromatic N) is 4. The number of ether oxygens (including phenoxy) is 1. The summed E-state index contributed by atoms with van der Waals surface area (Å²) in [6.45, 7) is 3.22. The molecular formula is C12H16N4O4. The second-order valence-corrected chi connectivity index (χ2v) is 4.91. The van der Waals surface area contributed by atoms with Crippen LogP contribution < -0.4 is 0 Å². The van der Waals surface area contributed by atoms with Crippen molar-refractivity contribution < 1.29 is 20.1 Å². The summed E-state index contributed by atoms with van der Waals surface area (Å²) in [6, 6.07) is 0. The number of fused-ring (bicyclic) bond motifs is 1. The molecule has 0 unspecified atom stereocenters. The molecule has 2 aromatic rings. The molecule has 20 heavy (non-hydrogen) atoms. The number of aliphatic hydroxyl groups excluding tert-OH is 3. The van der Waals surface area contributed by atoms with Crippen LogP contribution in [0, 0.1) is 13.8 Å². The minimum atomic E-state index is -1.15. The van der Waals surface area contributed by atoms with Gasteiger partial charge in [-0.05, 0) is 13.8 Å². The average Bonchev–Trinajstić information content (AvgIpc) is 2.93. The summed E-state index contributed by atoms with van der Waals surface area (Å²) in [6.07, 6.45) is -2.46. The van der Waals surface area contributed by atoms with Crippen molar-refractivity contribution in [2.24, 2.45) is 0 Å². The molecule has 3 N–H and O–H groups in total. The van der Waals surface area contributed by atoms with E-state index < -0.39 is 24.5 Å². The molecule has 0 aliphatic carbocycles. The summed E-state index contributed by atoms with van der Waals surface area (Å²) >= 11 is 0. The van der Waals surface area contributed by atoms with Crippen molar-refractivity contribution >= 4 is 11.2 Å². The topological polar surface area (TPSA) is 114 Å². The maximum absolute atomic E-state index is 10.1. The largest absolute Gasteiger partial charge is 0.394 e. The maximum Gasteiger partial charge on any atom is 0.166 e. The summed E-state index contributed by atoms with van der Waals surface area (Å²) in [5, 5.41) is 29.0. The normalized spacial score (nSPS) is 30.2. The van der Waals surface area contributed by atoms with Crippen LogP contribution in [0.1, 0.15) is 17.7 Å². The van der Waals surface area contributed by atoms with E-state index in [2.05, 4.69) is 15.0 Å². The lowest BCUT2D eigenvalue weighted by molar-refractivity contribution is -0.0511. The van der Waals surface area contributed by atoms with Gasteiger partial charge >= 0.3 is 0 Å². The molecule has 1 aliphatic rings. The van der Waals surface area contributed by atoms with Crippen LogP contribution in [-0.2, 0) is 4.74 Å². The Labute approximate surface area is 114 Å². The Hall–Kier alpha value is -1.61. The summed E-state index contributed by atoms with van der Waals surface area (Å²) in [5.74, 6) is 0.587. The maximum atomic E-state index is 10.1. The van der Waals surface area contributed by atoms with Gasteiger partial charge in [0.25, 0.3) is 0 Å². The lowest BCUT2D eigenvalue weighted by Crippen LogP contribution is -2.33. The SMILES string of the molecule is Cc1nc(C)c2ncn([C@@H]3O[C@H](CO)[C@@H](O)[C@H]3O)c2n1. The third kappa shape index (κ3) is 1.88. The van der Waals surface area contributed by atoms with E-state index in [1.165, 1.54) is 6.33 Å². The first kappa shape index (κ1) is 13.4. The Morgan fingerprint density at radius 3 is 2.65 bits per heavy atom. The molecule has 0 amide bonds. The summed E-state index contributed by atoms with van der Waals surface area (Å²) in [7, 11) is 0. The van der Waals surface area contributed by atoms with E-state index in [4.69, 9.17) is 9.84 Å². The van der Waals surface area contributed by atoms with Crippen molar-refractivity contribution in [1.29, 1.82) is 0 Å². The number of imidazole rings is 1. The van der Waals surface area contributed by atoms with Gasteiger partial charge in [0.1, 0.15) is 29.7 Å². The Kier molecular flexibility index (Phi) is 3.17. The molecule has 108 valence electrons. The number of aliphatic hydroxyl groups is 3. The molecule has 4 atom stereocenters. The van der Waals surface area contributed by atoms with E-state index >= 15 is 0 Å². The van der Waals surface area contributed by atoms with Gasteiger partial charge in [-0.15, -0.1) is 0 Å². The van der Waals surface area contributed by atoms with Crippen LogP contribution in [0.4, 0.5) is 0 Å². The quantitative estimate of drug-likeness (QED) is 0.650. The highest BCUT2D eigenvalue weighted by molar-refractivity contribution is 5.73. The standard InChI is InChI=1S/C12H16N4O4/c1-5-8-11(15-6(2)14-5)16(4-13-8)12-10(19)9(18)7(3-17)20-12/h4,7,9-10,12,17-19H,3H2,1-2H3/t7-,9-,10-,12-/m1/s1. The lowest BCUT2D eigenvalue weighted by atomic mass is 10.1. The minimum Gasteiger partial charge on any atom is -0.394 e. The van der Waals surface area contributed by atoms with E-state index in [0.29, 0.717) is 17.0 Å². The van der Waals surface area contributed by atoms with Gasteiger partial charge in [0.05, 0.1) is 18.6 Å². The first-order chi connectivity index (χ1) is 9.52. The van der Waals surface area contributed by atoms with Crippen LogP contribution in [0.25, 0.3) is 11.2 Å². The first-order valence-electron chi connectivity index (χ1n) is 6.33. The van der Waals surface area contributed by atoms with Crippen molar-refractivity contribution in [3.05, 3.63) is 17.8 Å². The Bertz CT molecular complexity index is 644. The van der Waals surface area contributed by atoms with Gasteiger partial charge in [-0.3, -0.25) is 4.57 Å². The second-order valence-electron chi connectivity index (χ2n) is 4.91. The molecule has 1 aliphatic heterocycles. The van der Waals surface area contributed by atoms with Crippen LogP contribution in [-0.4, -0.2) is 59.8 Å². The van der Waals surface area contributed by atoms with Gasteiger partial charge in [-0.2, -0.15) is 0 Å². The molecule has 3 rings (SSSR count). The van der Waals surface area contributed by atoms with Crippen molar-refractivity contribution in [2.75, 3.05) is 6.61 Å². The number of hydrogen-bond donors (Lipinski definition) is 3.